The van der Waals surface area contributed by atoms with Gasteiger partial charge >= 0.3 is 0 Å². The van der Waals surface area contributed by atoms with Crippen molar-refractivity contribution in [2.75, 3.05) is 20.3 Å². The Morgan fingerprint density at radius 3 is 2.26 bits per heavy atom. The van der Waals surface area contributed by atoms with Gasteiger partial charge in [-0.15, -0.1) is 0 Å². The Bertz CT molecular complexity index is 637. The molecule has 4 heteroatoms. The third kappa shape index (κ3) is 4.52. The van der Waals surface area contributed by atoms with Crippen LogP contribution in [0.3, 0.4) is 0 Å². The van der Waals surface area contributed by atoms with Gasteiger partial charge in [0.2, 0.25) is 5.82 Å². The first-order valence-electron chi connectivity index (χ1n) is 7.72. The van der Waals surface area contributed by atoms with Crippen molar-refractivity contribution in [3.05, 3.63) is 53.6 Å². The molecule has 2 aromatic rings. The lowest BCUT2D eigenvalue weighted by atomic mass is 10.0. The molecule has 0 saturated carbocycles. The van der Waals surface area contributed by atoms with Gasteiger partial charge in [0.15, 0.2) is 11.6 Å². The van der Waals surface area contributed by atoms with E-state index in [4.69, 9.17) is 9.47 Å². The molecule has 124 valence electrons. The minimum absolute atomic E-state index is 0.0448. The molecule has 0 N–H and O–H groups in total. The summed E-state index contributed by atoms with van der Waals surface area (Å²) < 4.78 is 38.8. The summed E-state index contributed by atoms with van der Waals surface area (Å²) in [6, 6.07) is 10.4. The highest BCUT2D eigenvalue weighted by molar-refractivity contribution is 5.65. The number of hydrogen-bond acceptors (Lipinski definition) is 2. The van der Waals surface area contributed by atoms with Crippen molar-refractivity contribution >= 4 is 0 Å². The van der Waals surface area contributed by atoms with Gasteiger partial charge in [-0.2, -0.15) is 4.39 Å². The van der Waals surface area contributed by atoms with Crippen molar-refractivity contribution < 1.29 is 18.3 Å². The summed E-state index contributed by atoms with van der Waals surface area (Å²) in [5, 5.41) is 0. The predicted octanol–water partition coefficient (Wildman–Crippen LogP) is 4.86. The van der Waals surface area contributed by atoms with E-state index >= 15 is 0 Å². The molecule has 0 aliphatic carbocycles. The van der Waals surface area contributed by atoms with Crippen molar-refractivity contribution in [3.8, 4) is 16.9 Å². The largest absolute Gasteiger partial charge is 0.490 e. The van der Waals surface area contributed by atoms with Gasteiger partial charge in [0.25, 0.3) is 0 Å². The normalized spacial score (nSPS) is 11.0. The molecule has 0 aliphatic heterocycles. The number of hydrogen-bond donors (Lipinski definition) is 0. The van der Waals surface area contributed by atoms with Gasteiger partial charge in [-0.05, 0) is 35.6 Å². The smallest absolute Gasteiger partial charge is 0.201 e. The third-order valence-corrected chi connectivity index (χ3v) is 3.48. The van der Waals surface area contributed by atoms with Gasteiger partial charge in [-0.1, -0.05) is 38.1 Å². The number of ether oxygens (including phenoxy) is 2. The van der Waals surface area contributed by atoms with Crippen LogP contribution in [0.4, 0.5) is 8.78 Å². The average molecular weight is 320 g/mol. The van der Waals surface area contributed by atoms with E-state index in [2.05, 4.69) is 0 Å². The molecular weight excluding hydrogens is 298 g/mol. The zero-order chi connectivity index (χ0) is 16.8. The maximum absolute atomic E-state index is 14.3. The van der Waals surface area contributed by atoms with Gasteiger partial charge in [0.05, 0.1) is 13.2 Å². The summed E-state index contributed by atoms with van der Waals surface area (Å²) in [5.41, 5.74) is 1.96. The molecular formula is C19H22F2O2. The van der Waals surface area contributed by atoms with Gasteiger partial charge < -0.3 is 9.47 Å². The molecule has 0 unspecified atom stereocenters. The summed E-state index contributed by atoms with van der Waals surface area (Å²) in [5.74, 6) is -1.61. The van der Waals surface area contributed by atoms with E-state index in [9.17, 15) is 8.78 Å². The average Bonchev–Trinajstić information content (AvgIpc) is 2.55. The standard InChI is InChI=1S/C19H22F2O2/c1-13(2)12-23-17-9-8-16(18(20)19(17)21)15-6-4-14(5-7-15)10-11-22-3/h4-9,13H,10-12H2,1-3H3. The second kappa shape index (κ2) is 8.06. The highest BCUT2D eigenvalue weighted by Gasteiger charge is 2.16. The molecule has 2 aromatic carbocycles. The van der Waals surface area contributed by atoms with E-state index in [1.54, 1.807) is 25.3 Å². The van der Waals surface area contributed by atoms with E-state index in [1.165, 1.54) is 6.07 Å². The second-order valence-electron chi connectivity index (χ2n) is 5.88. The van der Waals surface area contributed by atoms with Gasteiger partial charge in [0.1, 0.15) is 0 Å². The van der Waals surface area contributed by atoms with Gasteiger partial charge in [-0.25, -0.2) is 4.39 Å². The summed E-state index contributed by atoms with van der Waals surface area (Å²) in [4.78, 5) is 0. The quantitative estimate of drug-likeness (QED) is 0.725. The fourth-order valence-electron chi connectivity index (χ4n) is 2.19. The van der Waals surface area contributed by atoms with Crippen molar-refractivity contribution in [3.63, 3.8) is 0 Å². The first-order chi connectivity index (χ1) is 11.0. The predicted molar refractivity (Wildman–Crippen MR) is 87.7 cm³/mol. The molecule has 0 heterocycles. The summed E-state index contributed by atoms with van der Waals surface area (Å²) in [6.07, 6.45) is 0.787. The summed E-state index contributed by atoms with van der Waals surface area (Å²) in [7, 11) is 1.65. The Morgan fingerprint density at radius 1 is 0.957 bits per heavy atom. The maximum Gasteiger partial charge on any atom is 0.201 e. The van der Waals surface area contributed by atoms with Crippen molar-refractivity contribution in [2.45, 2.75) is 20.3 Å². The zero-order valence-electron chi connectivity index (χ0n) is 13.7. The van der Waals surface area contributed by atoms with Crippen LogP contribution >= 0.6 is 0 Å². The van der Waals surface area contributed by atoms with Gasteiger partial charge in [-0.3, -0.25) is 0 Å². The number of rotatable bonds is 7. The van der Waals surface area contributed by atoms with Crippen molar-refractivity contribution in [2.24, 2.45) is 5.92 Å². The minimum atomic E-state index is -0.938. The Labute approximate surface area is 136 Å². The van der Waals surface area contributed by atoms with Crippen LogP contribution < -0.4 is 4.74 Å². The molecule has 0 saturated heterocycles. The minimum Gasteiger partial charge on any atom is -0.490 e. The van der Waals surface area contributed by atoms with Crippen LogP contribution in [0.5, 0.6) is 5.75 Å². The molecule has 0 bridgehead atoms. The molecule has 23 heavy (non-hydrogen) atoms. The van der Waals surface area contributed by atoms with E-state index in [-0.39, 0.29) is 17.2 Å². The molecule has 0 fully saturated rings. The SMILES string of the molecule is COCCc1ccc(-c2ccc(OCC(C)C)c(F)c2F)cc1. The lowest BCUT2D eigenvalue weighted by Crippen LogP contribution is -2.06. The van der Waals surface area contributed by atoms with E-state index in [0.717, 1.165) is 12.0 Å². The van der Waals surface area contributed by atoms with Crippen LogP contribution in [0.1, 0.15) is 19.4 Å². The lowest BCUT2D eigenvalue weighted by molar-refractivity contribution is 0.202. The van der Waals surface area contributed by atoms with E-state index in [1.807, 2.05) is 26.0 Å². The molecule has 0 aliphatic rings. The lowest BCUT2D eigenvalue weighted by Gasteiger charge is -2.12. The monoisotopic (exact) mass is 320 g/mol. The highest BCUT2D eigenvalue weighted by atomic mass is 19.2. The molecule has 0 atom stereocenters. The van der Waals surface area contributed by atoms with Crippen LogP contribution in [0.25, 0.3) is 11.1 Å². The first kappa shape index (κ1) is 17.4. The Hall–Kier alpha value is -1.94. The fraction of sp³-hybridized carbons (Fsp3) is 0.368. The third-order valence-electron chi connectivity index (χ3n) is 3.48. The zero-order valence-corrected chi connectivity index (χ0v) is 13.7. The molecule has 0 amide bonds. The molecule has 0 spiro atoms. The number of benzene rings is 2. The molecule has 2 nitrogen and oxygen atoms in total. The second-order valence-corrected chi connectivity index (χ2v) is 5.88. The fourth-order valence-corrected chi connectivity index (χ4v) is 2.19. The Balaban J connectivity index is 2.21. The highest BCUT2D eigenvalue weighted by Crippen LogP contribution is 2.30. The van der Waals surface area contributed by atoms with Crippen LogP contribution in [0.2, 0.25) is 0 Å². The number of methoxy groups -OCH3 is 1. The topological polar surface area (TPSA) is 18.5 Å². The first-order valence-corrected chi connectivity index (χ1v) is 7.72. The number of halogens is 2. The van der Waals surface area contributed by atoms with E-state index in [0.29, 0.717) is 18.8 Å². The molecule has 2 rings (SSSR count). The van der Waals surface area contributed by atoms with Crippen LogP contribution in [0.15, 0.2) is 36.4 Å². The van der Waals surface area contributed by atoms with E-state index < -0.39 is 11.6 Å². The van der Waals surface area contributed by atoms with Crippen LogP contribution in [0, 0.1) is 17.6 Å². The maximum atomic E-state index is 14.3. The van der Waals surface area contributed by atoms with Crippen LogP contribution in [-0.4, -0.2) is 20.3 Å². The van der Waals surface area contributed by atoms with Gasteiger partial charge in [0, 0.05) is 12.7 Å². The summed E-state index contributed by atoms with van der Waals surface area (Å²) in [6.45, 7) is 4.88. The Kier molecular flexibility index (Phi) is 6.11. The molecule has 0 radical (unpaired) electrons. The van der Waals surface area contributed by atoms with Crippen molar-refractivity contribution in [1.82, 2.24) is 0 Å². The summed E-state index contributed by atoms with van der Waals surface area (Å²) >= 11 is 0. The van der Waals surface area contributed by atoms with Crippen molar-refractivity contribution in [1.29, 1.82) is 0 Å². The Morgan fingerprint density at radius 2 is 1.65 bits per heavy atom. The van der Waals surface area contributed by atoms with Crippen LogP contribution in [-0.2, 0) is 11.2 Å². The molecule has 0 aromatic heterocycles.